The normalized spacial score (nSPS) is 16.8. The Bertz CT molecular complexity index is 1990. The van der Waals surface area contributed by atoms with Crippen LogP contribution >= 0.6 is 0 Å². The number of rotatable bonds is 2. The first-order chi connectivity index (χ1) is 23.0. The van der Waals surface area contributed by atoms with Crippen LogP contribution in [0.2, 0.25) is 0 Å². The molecule has 3 aromatic heterocycles. The highest BCUT2D eigenvalue weighted by molar-refractivity contribution is 5.91. The molecule has 6 rings (SSSR count). The number of ether oxygens (including phenoxy) is 3. The molecule has 260 valence electrons. The maximum Gasteiger partial charge on any atom is 0.417 e. The molecule has 1 amide bonds. The van der Waals surface area contributed by atoms with Gasteiger partial charge in [-0.1, -0.05) is 19.9 Å². The number of hydrogen-bond acceptors (Lipinski definition) is 9. The van der Waals surface area contributed by atoms with E-state index >= 15 is 4.39 Å². The third-order valence-electron chi connectivity index (χ3n) is 8.21. The van der Waals surface area contributed by atoms with E-state index in [2.05, 4.69) is 15.0 Å². The highest BCUT2D eigenvalue weighted by Gasteiger charge is 2.38. The second kappa shape index (κ2) is 12.5. The fraction of sp³-hybridized carbons (Fsp3) is 0.441. The maximum absolute atomic E-state index is 16.4. The quantitative estimate of drug-likeness (QED) is 0.223. The second-order valence-electron chi connectivity index (χ2n) is 13.3. The Kier molecular flexibility index (Phi) is 8.65. The Hall–Kier alpha value is -4.95. The molecule has 0 saturated carbocycles. The standard InChI is InChI=1S/C34H36F4N6O5/c1-18(2)26-28-24(10-11-39-26)48-15-14-47-23-9-7-8-21(34(36,37)38)25(23)27-22(35)16-20-29(41-31(45)44(28)30(20)40-27)43-13-12-42(17-19(43)3)32(46)49-33(4,5)6/h7-11,16,18-19H,12-15,17H2,1-6H3. The van der Waals surface area contributed by atoms with Crippen molar-refractivity contribution in [3.05, 3.63) is 64.1 Å². The summed E-state index contributed by atoms with van der Waals surface area (Å²) in [5, 5.41) is 0.0620. The van der Waals surface area contributed by atoms with Crippen molar-refractivity contribution in [2.75, 3.05) is 37.7 Å². The molecule has 2 aliphatic rings. The van der Waals surface area contributed by atoms with Crippen LogP contribution in [0.25, 0.3) is 28.0 Å². The minimum atomic E-state index is -4.89. The zero-order valence-electron chi connectivity index (χ0n) is 27.9. The average Bonchev–Trinajstić information content (AvgIpc) is 3.01. The van der Waals surface area contributed by atoms with Gasteiger partial charge in [0.15, 0.2) is 11.5 Å². The number of aromatic nitrogens is 4. The predicted octanol–water partition coefficient (Wildman–Crippen LogP) is 6.34. The molecule has 0 N–H and O–H groups in total. The minimum absolute atomic E-state index is 0.0620. The topological polar surface area (TPSA) is 112 Å². The van der Waals surface area contributed by atoms with E-state index in [0.29, 0.717) is 5.69 Å². The number of carbonyl (C=O) groups excluding carboxylic acids is 1. The molecule has 1 saturated heterocycles. The van der Waals surface area contributed by atoms with Gasteiger partial charge in [-0.05, 0) is 51.8 Å². The van der Waals surface area contributed by atoms with Crippen molar-refractivity contribution in [1.29, 1.82) is 0 Å². The lowest BCUT2D eigenvalue weighted by molar-refractivity contribution is -0.137. The summed E-state index contributed by atoms with van der Waals surface area (Å²) in [5.41, 5.74) is -3.50. The van der Waals surface area contributed by atoms with E-state index in [4.69, 9.17) is 14.2 Å². The van der Waals surface area contributed by atoms with Crippen molar-refractivity contribution < 1.29 is 36.6 Å². The Morgan fingerprint density at radius 3 is 2.41 bits per heavy atom. The van der Waals surface area contributed by atoms with Gasteiger partial charge in [0.25, 0.3) is 0 Å². The van der Waals surface area contributed by atoms with E-state index in [-0.39, 0.29) is 72.8 Å². The molecule has 1 atom stereocenters. The molecule has 1 aromatic carbocycles. The smallest absolute Gasteiger partial charge is 0.417 e. The zero-order valence-corrected chi connectivity index (χ0v) is 27.9. The molecule has 11 nitrogen and oxygen atoms in total. The van der Waals surface area contributed by atoms with E-state index in [1.54, 1.807) is 31.7 Å². The summed E-state index contributed by atoms with van der Waals surface area (Å²) in [6.45, 7) is 11.1. The molecule has 1 unspecified atom stereocenters. The first-order valence-corrected chi connectivity index (χ1v) is 15.9. The van der Waals surface area contributed by atoms with Crippen LogP contribution in [-0.2, 0) is 10.9 Å². The molecule has 2 aliphatic heterocycles. The SMILES string of the molecule is CC(C)c1nccc2c1-n1c(=O)nc(N3CCN(C(=O)OC(C)(C)C)CC3C)c3cc(F)c(nc31)-c1c(cccc1C(F)(F)F)OCCO2. The molecule has 0 radical (unpaired) electrons. The molecule has 15 heteroatoms. The first kappa shape index (κ1) is 33.9. The van der Waals surface area contributed by atoms with Crippen molar-refractivity contribution in [2.45, 2.75) is 65.3 Å². The van der Waals surface area contributed by atoms with Crippen molar-refractivity contribution in [3.63, 3.8) is 0 Å². The molecule has 4 aromatic rings. The second-order valence-corrected chi connectivity index (χ2v) is 13.3. The molecular formula is C34H36F4N6O5. The molecule has 1 fully saturated rings. The summed E-state index contributed by atoms with van der Waals surface area (Å²) in [6, 6.07) is 5.46. The van der Waals surface area contributed by atoms with E-state index in [0.717, 1.165) is 16.7 Å². The van der Waals surface area contributed by atoms with Gasteiger partial charge in [-0.3, -0.25) is 4.98 Å². The fourth-order valence-corrected chi connectivity index (χ4v) is 6.12. The minimum Gasteiger partial charge on any atom is -0.489 e. The van der Waals surface area contributed by atoms with Gasteiger partial charge >= 0.3 is 18.0 Å². The Morgan fingerprint density at radius 2 is 1.76 bits per heavy atom. The third-order valence-corrected chi connectivity index (χ3v) is 8.21. The Balaban J connectivity index is 1.63. The number of halogens is 4. The highest BCUT2D eigenvalue weighted by atomic mass is 19.4. The van der Waals surface area contributed by atoms with Crippen LogP contribution in [0.3, 0.4) is 0 Å². The van der Waals surface area contributed by atoms with Gasteiger partial charge in [0, 0.05) is 37.9 Å². The fourth-order valence-electron chi connectivity index (χ4n) is 6.12. The number of anilines is 1. The molecule has 5 heterocycles. The highest BCUT2D eigenvalue weighted by Crippen LogP contribution is 2.44. The van der Waals surface area contributed by atoms with Crippen LogP contribution in [0.5, 0.6) is 11.5 Å². The van der Waals surface area contributed by atoms with Crippen molar-refractivity contribution in [3.8, 4) is 28.4 Å². The Morgan fingerprint density at radius 1 is 1.04 bits per heavy atom. The van der Waals surface area contributed by atoms with Gasteiger partial charge in [0.1, 0.15) is 47.5 Å². The van der Waals surface area contributed by atoms with Crippen LogP contribution in [0.1, 0.15) is 58.7 Å². The third kappa shape index (κ3) is 6.45. The number of alkyl halides is 3. The van der Waals surface area contributed by atoms with Gasteiger partial charge in [-0.25, -0.2) is 23.5 Å². The number of pyridine rings is 2. The lowest BCUT2D eigenvalue weighted by Gasteiger charge is -2.41. The molecule has 0 aliphatic carbocycles. The van der Waals surface area contributed by atoms with Gasteiger partial charge in [0.2, 0.25) is 0 Å². The van der Waals surface area contributed by atoms with E-state index in [1.165, 1.54) is 23.2 Å². The predicted molar refractivity (Wildman–Crippen MR) is 173 cm³/mol. The van der Waals surface area contributed by atoms with E-state index < -0.39 is 52.2 Å². The van der Waals surface area contributed by atoms with Gasteiger partial charge in [-0.15, -0.1) is 0 Å². The van der Waals surface area contributed by atoms with Crippen LogP contribution < -0.4 is 20.1 Å². The first-order valence-electron chi connectivity index (χ1n) is 15.9. The summed E-state index contributed by atoms with van der Waals surface area (Å²) in [6.07, 6.45) is -3.87. The van der Waals surface area contributed by atoms with Crippen LogP contribution in [0, 0.1) is 5.82 Å². The summed E-state index contributed by atoms with van der Waals surface area (Å²) < 4.78 is 78.1. The van der Waals surface area contributed by atoms with Gasteiger partial charge in [-0.2, -0.15) is 18.2 Å². The molecular weight excluding hydrogens is 648 g/mol. The van der Waals surface area contributed by atoms with Gasteiger partial charge in [0.05, 0.1) is 22.2 Å². The number of hydrogen-bond donors (Lipinski definition) is 0. The van der Waals surface area contributed by atoms with Crippen LogP contribution in [-0.4, -0.2) is 75.0 Å². The number of benzene rings is 1. The van der Waals surface area contributed by atoms with Crippen LogP contribution in [0.15, 0.2) is 41.3 Å². The monoisotopic (exact) mass is 684 g/mol. The lowest BCUT2D eigenvalue weighted by atomic mass is 10.0. The number of carbonyl (C=O) groups is 1. The van der Waals surface area contributed by atoms with Crippen molar-refractivity contribution in [2.24, 2.45) is 0 Å². The summed E-state index contributed by atoms with van der Waals surface area (Å²) >= 11 is 0. The van der Waals surface area contributed by atoms with Crippen molar-refractivity contribution >= 4 is 22.9 Å². The average molecular weight is 685 g/mol. The molecule has 2 bridgehead atoms. The van der Waals surface area contributed by atoms with E-state index in [9.17, 15) is 22.8 Å². The number of nitrogens with zero attached hydrogens (tertiary/aromatic N) is 6. The number of piperazine rings is 1. The maximum atomic E-state index is 16.4. The summed E-state index contributed by atoms with van der Waals surface area (Å²) in [5.74, 6) is -1.28. The Labute approximate surface area is 279 Å². The summed E-state index contributed by atoms with van der Waals surface area (Å²) in [4.78, 5) is 43.8. The van der Waals surface area contributed by atoms with Crippen LogP contribution in [0.4, 0.5) is 28.2 Å². The molecule has 49 heavy (non-hydrogen) atoms. The largest absolute Gasteiger partial charge is 0.489 e. The van der Waals surface area contributed by atoms with Gasteiger partial charge < -0.3 is 24.0 Å². The summed E-state index contributed by atoms with van der Waals surface area (Å²) in [7, 11) is 0. The lowest BCUT2D eigenvalue weighted by Crippen LogP contribution is -2.55. The zero-order chi connectivity index (χ0) is 35.4. The van der Waals surface area contributed by atoms with E-state index in [1.807, 2.05) is 20.8 Å². The molecule has 0 spiro atoms. The number of amides is 1. The number of fused-ring (bicyclic) bond motifs is 5. The van der Waals surface area contributed by atoms with Crippen molar-refractivity contribution in [1.82, 2.24) is 24.4 Å².